The molecule has 0 aromatic carbocycles. The maximum Gasteiger partial charge on any atom is 0.303 e. The summed E-state index contributed by atoms with van der Waals surface area (Å²) < 4.78 is 9.22. The van der Waals surface area contributed by atoms with E-state index >= 15 is 0 Å². The molecular weight excluding hydrogens is 218 g/mol. The van der Waals surface area contributed by atoms with E-state index in [2.05, 4.69) is 13.8 Å². The predicted molar refractivity (Wildman–Crippen MR) is 70.2 cm³/mol. The highest BCUT2D eigenvalue weighted by Crippen LogP contribution is 2.25. The molecule has 1 saturated heterocycles. The van der Waals surface area contributed by atoms with Crippen LogP contribution in [-0.4, -0.2) is 48.3 Å². The molecule has 2 rings (SSSR count). The number of hydrogen-bond acceptors (Lipinski definition) is 3. The summed E-state index contributed by atoms with van der Waals surface area (Å²) in [6, 6.07) is 0.978. The summed E-state index contributed by atoms with van der Waals surface area (Å²) >= 11 is 0. The summed E-state index contributed by atoms with van der Waals surface area (Å²) in [5.74, 6) is 0. The van der Waals surface area contributed by atoms with Crippen molar-refractivity contribution in [1.29, 1.82) is 0 Å². The highest BCUT2D eigenvalue weighted by atomic mass is 28.3. The Morgan fingerprint density at radius 2 is 1.44 bits per heavy atom. The first kappa shape index (κ1) is 14.2. The fourth-order valence-corrected chi connectivity index (χ4v) is 2.91. The van der Waals surface area contributed by atoms with Crippen LogP contribution in [0.25, 0.3) is 0 Å². The Labute approximate surface area is 103 Å². The van der Waals surface area contributed by atoms with Crippen LogP contribution in [0.2, 0.25) is 0 Å². The zero-order chi connectivity index (χ0) is 11.6. The van der Waals surface area contributed by atoms with Crippen molar-refractivity contribution in [3.63, 3.8) is 0 Å². The Kier molecular flexibility index (Phi) is 8.11. The third-order valence-electron chi connectivity index (χ3n) is 3.47. The first-order valence-electron chi connectivity index (χ1n) is 6.60. The van der Waals surface area contributed by atoms with Gasteiger partial charge in [-0.25, -0.2) is 0 Å². The van der Waals surface area contributed by atoms with E-state index in [1.165, 1.54) is 58.0 Å². The van der Waals surface area contributed by atoms with E-state index in [1.54, 1.807) is 14.2 Å². The molecule has 0 spiro atoms. The van der Waals surface area contributed by atoms with Gasteiger partial charge in [-0.3, -0.25) is 0 Å². The van der Waals surface area contributed by atoms with Crippen molar-refractivity contribution < 1.29 is 8.85 Å². The lowest BCUT2D eigenvalue weighted by Crippen LogP contribution is -2.34. The number of nitrogens with zero attached hydrogens (tertiary/aromatic N) is 1. The minimum absolute atomic E-state index is 0.568. The monoisotopic (exact) mass is 245 g/mol. The summed E-state index contributed by atoms with van der Waals surface area (Å²) in [5.41, 5.74) is 0. The van der Waals surface area contributed by atoms with Crippen LogP contribution >= 0.6 is 0 Å². The Morgan fingerprint density at radius 3 is 1.88 bits per heavy atom. The summed E-state index contributed by atoms with van der Waals surface area (Å²) in [7, 11) is 2.73. The normalized spacial score (nSPS) is 22.9. The molecule has 0 aromatic rings. The molecule has 4 heteroatoms. The molecule has 0 bridgehead atoms. The standard InChI is InChI=1S/C10H19N.C2H8O2Si/c1-2-6-10(7-3-1)11-8-4-5-9-11;1-3-5-4-2/h10H,1-9H2;5H2,1-2H3. The van der Waals surface area contributed by atoms with Gasteiger partial charge >= 0.3 is 10.0 Å². The van der Waals surface area contributed by atoms with Crippen LogP contribution < -0.4 is 0 Å². The summed E-state index contributed by atoms with van der Waals surface area (Å²) in [6.45, 7) is 2.79. The van der Waals surface area contributed by atoms with Gasteiger partial charge in [-0.2, -0.15) is 0 Å². The van der Waals surface area contributed by atoms with Gasteiger partial charge in [0.1, 0.15) is 0 Å². The summed E-state index contributed by atoms with van der Waals surface area (Å²) in [4.78, 5) is 2.72. The predicted octanol–water partition coefficient (Wildman–Crippen LogP) is 1.69. The van der Waals surface area contributed by atoms with E-state index in [0.29, 0.717) is 0 Å². The van der Waals surface area contributed by atoms with Crippen molar-refractivity contribution in [3.05, 3.63) is 0 Å². The van der Waals surface area contributed by atoms with Crippen molar-refractivity contribution in [2.24, 2.45) is 0 Å². The molecule has 0 radical (unpaired) electrons. The van der Waals surface area contributed by atoms with Gasteiger partial charge in [-0.05, 0) is 38.8 Å². The molecule has 96 valence electrons. The maximum absolute atomic E-state index is 4.61. The van der Waals surface area contributed by atoms with Gasteiger partial charge < -0.3 is 13.8 Å². The van der Waals surface area contributed by atoms with Crippen LogP contribution in [-0.2, 0) is 8.85 Å². The molecule has 1 aliphatic carbocycles. The fourth-order valence-electron chi connectivity index (χ4n) is 2.67. The molecule has 2 aliphatic rings. The van der Waals surface area contributed by atoms with E-state index in [9.17, 15) is 0 Å². The Bertz CT molecular complexity index is 155. The average molecular weight is 245 g/mol. The van der Waals surface area contributed by atoms with Gasteiger partial charge in [-0.15, -0.1) is 0 Å². The van der Waals surface area contributed by atoms with Crippen LogP contribution in [0.5, 0.6) is 0 Å². The smallest absolute Gasteiger partial charge is 0.303 e. The van der Waals surface area contributed by atoms with E-state index < -0.39 is 10.0 Å². The first-order valence-corrected chi connectivity index (χ1v) is 7.76. The second-order valence-electron chi connectivity index (χ2n) is 4.73. The first-order chi connectivity index (χ1) is 7.88. The molecule has 16 heavy (non-hydrogen) atoms. The second-order valence-corrected chi connectivity index (χ2v) is 6.12. The van der Waals surface area contributed by atoms with Crippen LogP contribution in [0.1, 0.15) is 44.9 Å². The maximum atomic E-state index is 4.61. The van der Waals surface area contributed by atoms with Crippen molar-refractivity contribution in [1.82, 2.24) is 4.90 Å². The van der Waals surface area contributed by atoms with Crippen molar-refractivity contribution in [2.75, 3.05) is 27.3 Å². The second kappa shape index (κ2) is 9.16. The van der Waals surface area contributed by atoms with E-state index in [4.69, 9.17) is 0 Å². The lowest BCUT2D eigenvalue weighted by molar-refractivity contribution is 0.191. The van der Waals surface area contributed by atoms with Gasteiger partial charge in [0.15, 0.2) is 0 Å². The average Bonchev–Trinajstić information content (AvgIpc) is 2.86. The Balaban J connectivity index is 0.000000221. The van der Waals surface area contributed by atoms with Crippen molar-refractivity contribution in [3.8, 4) is 0 Å². The lowest BCUT2D eigenvalue weighted by atomic mass is 9.94. The fraction of sp³-hybridized carbons (Fsp3) is 1.00. The molecule has 0 atom stereocenters. The summed E-state index contributed by atoms with van der Waals surface area (Å²) in [6.07, 6.45) is 10.3. The zero-order valence-electron chi connectivity index (χ0n) is 10.9. The highest BCUT2D eigenvalue weighted by molar-refractivity contribution is 6.17. The lowest BCUT2D eigenvalue weighted by Gasteiger charge is -2.30. The van der Waals surface area contributed by atoms with Gasteiger partial charge in [0, 0.05) is 20.3 Å². The third-order valence-corrected chi connectivity index (χ3v) is 3.94. The molecule has 1 heterocycles. The van der Waals surface area contributed by atoms with Crippen molar-refractivity contribution >= 4 is 10.0 Å². The van der Waals surface area contributed by atoms with Crippen molar-refractivity contribution in [2.45, 2.75) is 51.0 Å². The largest absolute Gasteiger partial charge is 0.402 e. The molecular formula is C12H27NO2Si. The zero-order valence-corrected chi connectivity index (χ0v) is 12.3. The number of likely N-dealkylation sites (tertiary alicyclic amines) is 1. The third kappa shape index (κ3) is 5.43. The molecule has 3 nitrogen and oxygen atoms in total. The molecule has 0 N–H and O–H groups in total. The van der Waals surface area contributed by atoms with Crippen LogP contribution in [0.4, 0.5) is 0 Å². The minimum atomic E-state index is -0.568. The molecule has 1 aliphatic heterocycles. The van der Waals surface area contributed by atoms with Gasteiger partial charge in [0.05, 0.1) is 0 Å². The van der Waals surface area contributed by atoms with Crippen LogP contribution in [0.15, 0.2) is 0 Å². The van der Waals surface area contributed by atoms with E-state index in [-0.39, 0.29) is 0 Å². The van der Waals surface area contributed by atoms with Crippen LogP contribution in [0, 0.1) is 0 Å². The molecule has 0 amide bonds. The topological polar surface area (TPSA) is 21.7 Å². The number of hydrogen-bond donors (Lipinski definition) is 0. The molecule has 0 unspecified atom stereocenters. The Hall–Kier alpha value is 0.0969. The van der Waals surface area contributed by atoms with Crippen LogP contribution in [0.3, 0.4) is 0 Å². The Morgan fingerprint density at radius 1 is 0.875 bits per heavy atom. The SMILES string of the molecule is C1CCC(N2CCCC2)CC1.CO[SiH2]OC. The quantitative estimate of drug-likeness (QED) is 0.706. The highest BCUT2D eigenvalue weighted by Gasteiger charge is 2.22. The number of rotatable bonds is 3. The summed E-state index contributed by atoms with van der Waals surface area (Å²) in [5, 5.41) is 0. The van der Waals surface area contributed by atoms with E-state index in [1.807, 2.05) is 0 Å². The molecule has 1 saturated carbocycles. The molecule has 2 fully saturated rings. The van der Waals surface area contributed by atoms with Gasteiger partial charge in [0.2, 0.25) is 0 Å². The van der Waals surface area contributed by atoms with E-state index in [0.717, 1.165) is 6.04 Å². The minimum Gasteiger partial charge on any atom is -0.402 e. The van der Waals surface area contributed by atoms with Gasteiger partial charge in [0.25, 0.3) is 0 Å². The van der Waals surface area contributed by atoms with Gasteiger partial charge in [-0.1, -0.05) is 19.3 Å². The molecule has 0 aromatic heterocycles.